The summed E-state index contributed by atoms with van der Waals surface area (Å²) in [6.07, 6.45) is 0.915. The van der Waals surface area contributed by atoms with Gasteiger partial charge in [0.05, 0.1) is 11.2 Å². The quantitative estimate of drug-likeness (QED) is 0.742. The Morgan fingerprint density at radius 3 is 2.48 bits per heavy atom. The molecule has 0 fully saturated rings. The number of pyridine rings is 1. The lowest BCUT2D eigenvalue weighted by molar-refractivity contribution is 0.467. The molecule has 0 amide bonds. The predicted molar refractivity (Wildman–Crippen MR) is 94.6 cm³/mol. The number of fused-ring (bicyclic) bond motifs is 1. The van der Waals surface area contributed by atoms with E-state index in [1.165, 1.54) is 10.9 Å². The Bertz CT molecular complexity index is 783. The number of hydrogen-bond acceptors (Lipinski definition) is 3. The van der Waals surface area contributed by atoms with Crippen molar-refractivity contribution in [3.8, 4) is 5.75 Å². The summed E-state index contributed by atoms with van der Waals surface area (Å²) in [7, 11) is 0. The second-order valence-electron chi connectivity index (χ2n) is 6.09. The van der Waals surface area contributed by atoms with E-state index in [1.807, 2.05) is 30.3 Å². The van der Waals surface area contributed by atoms with E-state index in [2.05, 4.69) is 37.4 Å². The molecule has 0 saturated carbocycles. The van der Waals surface area contributed by atoms with Gasteiger partial charge in [0.25, 0.3) is 0 Å². The van der Waals surface area contributed by atoms with Crippen LogP contribution < -0.4 is 5.32 Å². The normalized spacial score (nSPS) is 13.8. The summed E-state index contributed by atoms with van der Waals surface area (Å²) in [6.45, 7) is 4.31. The smallest absolute Gasteiger partial charge is 0.115 e. The van der Waals surface area contributed by atoms with Crippen LogP contribution in [-0.4, -0.2) is 16.1 Å². The van der Waals surface area contributed by atoms with E-state index in [0.717, 1.165) is 17.6 Å². The first-order chi connectivity index (χ1) is 11.1. The molecule has 0 aliphatic carbocycles. The topological polar surface area (TPSA) is 45.1 Å². The van der Waals surface area contributed by atoms with E-state index in [4.69, 9.17) is 4.98 Å². The van der Waals surface area contributed by atoms with Crippen LogP contribution in [0.15, 0.2) is 60.7 Å². The van der Waals surface area contributed by atoms with Gasteiger partial charge in [0.2, 0.25) is 0 Å². The molecule has 0 bridgehead atoms. The van der Waals surface area contributed by atoms with Crippen LogP contribution in [0.5, 0.6) is 5.75 Å². The Labute approximate surface area is 137 Å². The molecule has 0 spiro atoms. The average Bonchev–Trinajstić information content (AvgIpc) is 2.56. The number of rotatable bonds is 5. The Morgan fingerprint density at radius 1 is 0.957 bits per heavy atom. The summed E-state index contributed by atoms with van der Waals surface area (Å²) >= 11 is 0. The van der Waals surface area contributed by atoms with Gasteiger partial charge in [0, 0.05) is 17.5 Å². The molecule has 23 heavy (non-hydrogen) atoms. The Hall–Kier alpha value is -2.39. The number of hydrogen-bond donors (Lipinski definition) is 2. The number of aromatic hydroxyl groups is 1. The molecular formula is C20H22N2O. The van der Waals surface area contributed by atoms with Crippen molar-refractivity contribution in [1.29, 1.82) is 0 Å². The van der Waals surface area contributed by atoms with Crippen LogP contribution in [0.2, 0.25) is 0 Å². The van der Waals surface area contributed by atoms with Crippen molar-refractivity contribution in [2.24, 2.45) is 0 Å². The van der Waals surface area contributed by atoms with Gasteiger partial charge < -0.3 is 10.4 Å². The van der Waals surface area contributed by atoms with Crippen molar-refractivity contribution < 1.29 is 5.11 Å². The lowest BCUT2D eigenvalue weighted by atomic mass is 10.1. The van der Waals surface area contributed by atoms with Crippen molar-refractivity contribution in [2.45, 2.75) is 32.4 Å². The first-order valence-electron chi connectivity index (χ1n) is 8.01. The van der Waals surface area contributed by atoms with Crippen LogP contribution in [-0.2, 0) is 6.42 Å². The monoisotopic (exact) mass is 306 g/mol. The van der Waals surface area contributed by atoms with Crippen molar-refractivity contribution in [3.63, 3.8) is 0 Å². The summed E-state index contributed by atoms with van der Waals surface area (Å²) in [6, 6.07) is 20.3. The van der Waals surface area contributed by atoms with E-state index in [1.54, 1.807) is 12.1 Å². The van der Waals surface area contributed by atoms with Crippen LogP contribution >= 0.6 is 0 Å². The number of para-hydroxylation sites is 1. The van der Waals surface area contributed by atoms with E-state index < -0.39 is 0 Å². The highest BCUT2D eigenvalue weighted by atomic mass is 16.3. The summed E-state index contributed by atoms with van der Waals surface area (Å²) in [5, 5.41) is 14.1. The number of phenols is 1. The molecule has 2 aromatic carbocycles. The van der Waals surface area contributed by atoms with Crippen molar-refractivity contribution in [2.75, 3.05) is 0 Å². The second-order valence-corrected chi connectivity index (χ2v) is 6.09. The summed E-state index contributed by atoms with van der Waals surface area (Å²) in [5.41, 5.74) is 3.30. The molecule has 3 aromatic rings. The van der Waals surface area contributed by atoms with Crippen molar-refractivity contribution in [3.05, 3.63) is 71.9 Å². The maximum Gasteiger partial charge on any atom is 0.115 e. The molecule has 1 aromatic heterocycles. The third-order valence-electron chi connectivity index (χ3n) is 4.08. The molecule has 3 rings (SSSR count). The Kier molecular flexibility index (Phi) is 4.58. The number of nitrogens with one attached hydrogen (secondary N) is 1. The van der Waals surface area contributed by atoms with E-state index in [9.17, 15) is 5.11 Å². The molecule has 2 N–H and O–H groups in total. The molecule has 0 saturated heterocycles. The van der Waals surface area contributed by atoms with Crippen LogP contribution in [0.4, 0.5) is 0 Å². The van der Waals surface area contributed by atoms with Gasteiger partial charge in [-0.05, 0) is 50.1 Å². The lowest BCUT2D eigenvalue weighted by Crippen LogP contribution is -2.31. The fourth-order valence-corrected chi connectivity index (χ4v) is 2.88. The summed E-state index contributed by atoms with van der Waals surface area (Å²) < 4.78 is 0. The van der Waals surface area contributed by atoms with Crippen LogP contribution in [0.1, 0.15) is 31.1 Å². The number of nitrogens with zero attached hydrogens (tertiary/aromatic N) is 1. The fourth-order valence-electron chi connectivity index (χ4n) is 2.88. The van der Waals surface area contributed by atoms with Gasteiger partial charge in [-0.2, -0.15) is 0 Å². The van der Waals surface area contributed by atoms with E-state index in [0.29, 0.717) is 11.8 Å². The highest BCUT2D eigenvalue weighted by Gasteiger charge is 2.11. The van der Waals surface area contributed by atoms with Gasteiger partial charge in [-0.1, -0.05) is 36.4 Å². The standard InChI is InChI=1S/C20H22N2O/c1-14(13-16-7-10-18(23)11-8-16)21-15(2)19-12-9-17-5-3-4-6-20(17)22-19/h3-12,14-15,21,23H,13H2,1-2H3/t14-,15+/m0/s1. The fraction of sp³-hybridized carbons (Fsp3) is 0.250. The van der Waals surface area contributed by atoms with Gasteiger partial charge in [-0.25, -0.2) is 0 Å². The largest absolute Gasteiger partial charge is 0.508 e. The minimum absolute atomic E-state index is 0.187. The first kappa shape index (κ1) is 15.5. The predicted octanol–water partition coefficient (Wildman–Crippen LogP) is 4.22. The van der Waals surface area contributed by atoms with Gasteiger partial charge >= 0.3 is 0 Å². The third kappa shape index (κ3) is 3.88. The molecule has 0 aliphatic heterocycles. The molecule has 0 aliphatic rings. The van der Waals surface area contributed by atoms with Crippen LogP contribution in [0.3, 0.4) is 0 Å². The van der Waals surface area contributed by atoms with Gasteiger partial charge in [0.1, 0.15) is 5.75 Å². The molecule has 2 atom stereocenters. The Morgan fingerprint density at radius 2 is 1.70 bits per heavy atom. The molecule has 0 unspecified atom stereocenters. The highest BCUT2D eigenvalue weighted by molar-refractivity contribution is 5.78. The van der Waals surface area contributed by atoms with E-state index >= 15 is 0 Å². The van der Waals surface area contributed by atoms with Crippen LogP contribution in [0, 0.1) is 0 Å². The average molecular weight is 306 g/mol. The maximum absolute atomic E-state index is 9.35. The van der Waals surface area contributed by atoms with Crippen molar-refractivity contribution in [1.82, 2.24) is 10.3 Å². The van der Waals surface area contributed by atoms with Crippen LogP contribution in [0.25, 0.3) is 10.9 Å². The minimum Gasteiger partial charge on any atom is -0.508 e. The number of aromatic nitrogens is 1. The third-order valence-corrected chi connectivity index (χ3v) is 4.08. The van der Waals surface area contributed by atoms with Gasteiger partial charge in [0.15, 0.2) is 0 Å². The summed E-state index contributed by atoms with van der Waals surface area (Å²) in [5.74, 6) is 0.308. The highest BCUT2D eigenvalue weighted by Crippen LogP contribution is 2.18. The minimum atomic E-state index is 0.187. The molecule has 118 valence electrons. The van der Waals surface area contributed by atoms with Crippen molar-refractivity contribution >= 4 is 10.9 Å². The summed E-state index contributed by atoms with van der Waals surface area (Å²) in [4.78, 5) is 4.75. The molecule has 3 heteroatoms. The van der Waals surface area contributed by atoms with Gasteiger partial charge in [-0.15, -0.1) is 0 Å². The van der Waals surface area contributed by atoms with Gasteiger partial charge in [-0.3, -0.25) is 4.98 Å². The second kappa shape index (κ2) is 6.80. The zero-order chi connectivity index (χ0) is 16.2. The molecule has 3 nitrogen and oxygen atoms in total. The zero-order valence-corrected chi connectivity index (χ0v) is 13.5. The lowest BCUT2D eigenvalue weighted by Gasteiger charge is -2.20. The molecular weight excluding hydrogens is 284 g/mol. The zero-order valence-electron chi connectivity index (χ0n) is 13.5. The first-order valence-corrected chi connectivity index (χ1v) is 8.01. The molecule has 0 radical (unpaired) electrons. The molecule has 1 heterocycles. The number of phenolic OH excluding ortho intramolecular Hbond substituents is 1. The Balaban J connectivity index is 1.67. The SMILES string of the molecule is C[C@@H](Cc1ccc(O)cc1)N[C@H](C)c1ccc2ccccc2n1. The van der Waals surface area contributed by atoms with E-state index in [-0.39, 0.29) is 6.04 Å². The maximum atomic E-state index is 9.35. The number of benzene rings is 2.